The predicted molar refractivity (Wildman–Crippen MR) is 101 cm³/mol. The van der Waals surface area contributed by atoms with Crippen molar-refractivity contribution in [3.05, 3.63) is 53.6 Å². The lowest BCUT2D eigenvalue weighted by atomic mass is 10.1. The van der Waals surface area contributed by atoms with Gasteiger partial charge in [0.1, 0.15) is 0 Å². The first-order valence-electron chi connectivity index (χ1n) is 8.81. The van der Waals surface area contributed by atoms with Crippen molar-refractivity contribution in [2.24, 2.45) is 0 Å². The van der Waals surface area contributed by atoms with E-state index in [2.05, 4.69) is 5.32 Å². The molecular weight excluding hydrogens is 330 g/mol. The van der Waals surface area contributed by atoms with Gasteiger partial charge in [0.05, 0.1) is 22.6 Å². The number of hydroxylamine groups is 1. The molecule has 0 bridgehead atoms. The fourth-order valence-corrected chi connectivity index (χ4v) is 3.16. The maximum Gasteiger partial charge on any atom is 0.260 e. The van der Waals surface area contributed by atoms with E-state index in [-0.39, 0.29) is 18.2 Å². The molecule has 136 valence electrons. The average Bonchev–Trinajstić information content (AvgIpc) is 2.76. The third-order valence-electron chi connectivity index (χ3n) is 4.53. The lowest BCUT2D eigenvalue weighted by molar-refractivity contribution is -0.129. The van der Waals surface area contributed by atoms with Crippen LogP contribution in [0, 0.1) is 6.92 Å². The van der Waals surface area contributed by atoms with Gasteiger partial charge in [-0.25, -0.2) is 5.48 Å². The highest BCUT2D eigenvalue weighted by Gasteiger charge is 2.26. The minimum atomic E-state index is -0.380. The van der Waals surface area contributed by atoms with Crippen LogP contribution in [0.15, 0.2) is 42.5 Å². The van der Waals surface area contributed by atoms with E-state index in [4.69, 9.17) is 5.21 Å². The average molecular weight is 353 g/mol. The summed E-state index contributed by atoms with van der Waals surface area (Å²) in [6, 6.07) is 13.6. The molecule has 0 atom stereocenters. The topological polar surface area (TPSA) is 81.7 Å². The van der Waals surface area contributed by atoms with Gasteiger partial charge in [0.15, 0.2) is 0 Å². The molecule has 3 N–H and O–H groups in total. The molecule has 2 aromatic rings. The number of nitrogens with one attached hydrogen (secondary N) is 2. The summed E-state index contributed by atoms with van der Waals surface area (Å²) in [6.07, 6.45) is 2.53. The van der Waals surface area contributed by atoms with Gasteiger partial charge in [-0.1, -0.05) is 24.6 Å². The molecule has 1 aliphatic heterocycles. The zero-order valence-electron chi connectivity index (χ0n) is 14.8. The highest BCUT2D eigenvalue weighted by Crippen LogP contribution is 2.36. The highest BCUT2D eigenvalue weighted by atomic mass is 16.5. The first-order chi connectivity index (χ1) is 12.6. The van der Waals surface area contributed by atoms with Crippen molar-refractivity contribution in [1.82, 2.24) is 5.48 Å². The number of amides is 2. The SMILES string of the molecule is Cc1ccc2c(c1)N(CCCCCC(=O)NO)C(=O)c1ccccc1N2. The number of nitrogens with zero attached hydrogens (tertiary/aromatic N) is 1. The molecule has 0 aromatic heterocycles. The van der Waals surface area contributed by atoms with Crippen molar-refractivity contribution >= 4 is 28.9 Å². The van der Waals surface area contributed by atoms with Gasteiger partial charge in [-0.15, -0.1) is 0 Å². The summed E-state index contributed by atoms with van der Waals surface area (Å²) in [7, 11) is 0. The summed E-state index contributed by atoms with van der Waals surface area (Å²) in [6.45, 7) is 2.58. The normalized spacial score (nSPS) is 12.7. The van der Waals surface area contributed by atoms with Crippen LogP contribution in [0.5, 0.6) is 0 Å². The number of benzene rings is 2. The van der Waals surface area contributed by atoms with Crippen molar-refractivity contribution in [3.8, 4) is 0 Å². The minimum absolute atomic E-state index is 0.0226. The van der Waals surface area contributed by atoms with Crippen molar-refractivity contribution in [3.63, 3.8) is 0 Å². The Labute approximate surface area is 152 Å². The first kappa shape index (κ1) is 17.9. The third-order valence-corrected chi connectivity index (χ3v) is 4.53. The molecule has 6 nitrogen and oxygen atoms in total. The van der Waals surface area contributed by atoms with Gasteiger partial charge in [-0.3, -0.25) is 14.8 Å². The number of anilines is 3. The maximum absolute atomic E-state index is 13.1. The smallest absolute Gasteiger partial charge is 0.260 e. The van der Waals surface area contributed by atoms with Crippen LogP contribution in [-0.2, 0) is 4.79 Å². The standard InChI is InChI=1S/C20H23N3O3/c1-14-10-11-17-18(13-14)23(12-6-2-3-9-19(24)22-26)20(25)15-7-4-5-8-16(15)21-17/h4-5,7-8,10-11,13,21,26H,2-3,6,9,12H2,1H3,(H,22,24). The Morgan fingerprint density at radius 1 is 1.12 bits per heavy atom. The van der Waals surface area contributed by atoms with Crippen molar-refractivity contribution in [1.29, 1.82) is 0 Å². The van der Waals surface area contributed by atoms with Crippen molar-refractivity contribution < 1.29 is 14.8 Å². The Morgan fingerprint density at radius 2 is 1.92 bits per heavy atom. The van der Waals surface area contributed by atoms with Gasteiger partial charge >= 0.3 is 0 Å². The van der Waals surface area contributed by atoms with E-state index in [1.54, 1.807) is 5.48 Å². The van der Waals surface area contributed by atoms with E-state index in [1.807, 2.05) is 54.3 Å². The Hall–Kier alpha value is -2.86. The Kier molecular flexibility index (Phi) is 5.53. The Bertz CT molecular complexity index is 820. The molecule has 1 heterocycles. The second kappa shape index (κ2) is 8.01. The second-order valence-corrected chi connectivity index (χ2v) is 6.49. The van der Waals surface area contributed by atoms with Crippen molar-refractivity contribution in [2.75, 3.05) is 16.8 Å². The molecular formula is C20H23N3O3. The molecule has 0 aliphatic carbocycles. The van der Waals surface area contributed by atoms with Crippen LogP contribution in [0.4, 0.5) is 17.1 Å². The van der Waals surface area contributed by atoms with E-state index < -0.39 is 0 Å². The Morgan fingerprint density at radius 3 is 2.73 bits per heavy atom. The third kappa shape index (κ3) is 3.86. The van der Waals surface area contributed by atoms with Gasteiger partial charge in [-0.2, -0.15) is 0 Å². The largest absolute Gasteiger partial charge is 0.353 e. The number of hydrogen-bond acceptors (Lipinski definition) is 4. The summed E-state index contributed by atoms with van der Waals surface area (Å²) in [5.74, 6) is -0.402. The molecule has 0 spiro atoms. The van der Waals surface area contributed by atoms with Crippen LogP contribution in [0.25, 0.3) is 0 Å². The van der Waals surface area contributed by atoms with Crippen molar-refractivity contribution in [2.45, 2.75) is 32.6 Å². The van der Waals surface area contributed by atoms with Crippen LogP contribution >= 0.6 is 0 Å². The van der Waals surface area contributed by atoms with Gasteiger partial charge in [0.2, 0.25) is 5.91 Å². The van der Waals surface area contributed by atoms with Crippen LogP contribution < -0.4 is 15.7 Å². The quantitative estimate of drug-likeness (QED) is 0.419. The van der Waals surface area contributed by atoms with Gasteiger partial charge in [0.25, 0.3) is 5.91 Å². The number of unbranched alkanes of at least 4 members (excludes halogenated alkanes) is 2. The lowest BCUT2D eigenvalue weighted by Gasteiger charge is -2.23. The number of rotatable bonds is 6. The molecule has 0 saturated heterocycles. The zero-order chi connectivity index (χ0) is 18.5. The molecule has 0 unspecified atom stereocenters. The molecule has 0 saturated carbocycles. The van der Waals surface area contributed by atoms with Gasteiger partial charge < -0.3 is 10.2 Å². The molecule has 2 aromatic carbocycles. The summed E-state index contributed by atoms with van der Waals surface area (Å²) in [5.41, 5.74) is 5.98. The summed E-state index contributed by atoms with van der Waals surface area (Å²) < 4.78 is 0. The molecule has 6 heteroatoms. The number of carbonyl (C=O) groups is 2. The van der Waals surface area contributed by atoms with Crippen LogP contribution in [-0.4, -0.2) is 23.6 Å². The lowest BCUT2D eigenvalue weighted by Crippen LogP contribution is -2.31. The number of para-hydroxylation sites is 1. The molecule has 1 aliphatic rings. The van der Waals surface area contributed by atoms with Gasteiger partial charge in [0, 0.05) is 13.0 Å². The summed E-state index contributed by atoms with van der Waals surface area (Å²) in [4.78, 5) is 26.0. The van der Waals surface area contributed by atoms with E-state index in [1.165, 1.54) is 0 Å². The summed E-state index contributed by atoms with van der Waals surface area (Å²) >= 11 is 0. The highest BCUT2D eigenvalue weighted by molar-refractivity contribution is 6.13. The van der Waals surface area contributed by atoms with Crippen LogP contribution in [0.3, 0.4) is 0 Å². The van der Waals surface area contributed by atoms with Gasteiger partial charge in [-0.05, 0) is 49.6 Å². The zero-order valence-corrected chi connectivity index (χ0v) is 14.8. The molecule has 2 amide bonds. The minimum Gasteiger partial charge on any atom is -0.353 e. The van der Waals surface area contributed by atoms with E-state index in [9.17, 15) is 9.59 Å². The van der Waals surface area contributed by atoms with E-state index in [0.29, 0.717) is 18.5 Å². The fraction of sp³-hybridized carbons (Fsp3) is 0.300. The first-order valence-corrected chi connectivity index (χ1v) is 8.81. The van der Waals surface area contributed by atoms with Crippen LogP contribution in [0.1, 0.15) is 41.6 Å². The Balaban J connectivity index is 1.79. The number of fused-ring (bicyclic) bond motifs is 2. The molecule has 26 heavy (non-hydrogen) atoms. The second-order valence-electron chi connectivity index (χ2n) is 6.49. The molecule has 0 fully saturated rings. The van der Waals surface area contributed by atoms with E-state index >= 15 is 0 Å². The predicted octanol–water partition coefficient (Wildman–Crippen LogP) is 3.76. The monoisotopic (exact) mass is 353 g/mol. The molecule has 0 radical (unpaired) electrons. The maximum atomic E-state index is 13.1. The number of carbonyl (C=O) groups excluding carboxylic acids is 2. The fourth-order valence-electron chi connectivity index (χ4n) is 3.16. The van der Waals surface area contributed by atoms with E-state index in [0.717, 1.165) is 35.5 Å². The van der Waals surface area contributed by atoms with Crippen LogP contribution in [0.2, 0.25) is 0 Å². The number of aryl methyl sites for hydroxylation is 1. The number of hydrogen-bond donors (Lipinski definition) is 3. The molecule has 3 rings (SSSR count). The summed E-state index contributed by atoms with van der Waals surface area (Å²) in [5, 5.41) is 11.9.